The lowest BCUT2D eigenvalue weighted by Gasteiger charge is -1.69. The van der Waals surface area contributed by atoms with Crippen LogP contribution in [-0.2, 0) is 4.79 Å². The summed E-state index contributed by atoms with van der Waals surface area (Å²) in [5.74, 6) is -1.29. The van der Waals surface area contributed by atoms with Gasteiger partial charge in [0.05, 0.1) is 0 Å². The number of carboxylic acids is 1. The molecule has 0 saturated carbocycles. The predicted molar refractivity (Wildman–Crippen MR) is 28.7 cm³/mol. The first kappa shape index (κ1) is 9.44. The second-order valence-electron chi connectivity index (χ2n) is 0.527. The second-order valence-corrected chi connectivity index (χ2v) is 0.795. The number of hydrogen-bond donors (Lipinski definition) is 1. The summed E-state index contributed by atoms with van der Waals surface area (Å²) in [6, 6.07) is 0. The average Bonchev–Trinajstić information content (AvgIpc) is 1.38. The minimum Gasteiger partial charge on any atom is -0.480 e. The zero-order valence-corrected chi connectivity index (χ0v) is 4.70. The van der Waals surface area contributed by atoms with Crippen LogP contribution in [-0.4, -0.2) is 17.0 Å². The molecule has 0 aromatic carbocycles. The molecule has 0 spiro atoms. The van der Waals surface area contributed by atoms with Gasteiger partial charge in [0.1, 0.15) is 5.88 Å². The summed E-state index contributed by atoms with van der Waals surface area (Å²) < 4.78 is 0. The van der Waals surface area contributed by atoms with Crippen LogP contribution in [0.3, 0.4) is 0 Å². The summed E-state index contributed by atoms with van der Waals surface area (Å²) in [6.45, 7) is 0. The molecule has 0 aliphatic rings. The summed E-state index contributed by atoms with van der Waals surface area (Å²) in [7, 11) is 0. The molecule has 0 amide bonds. The molecule has 0 aromatic heterocycles. The van der Waals surface area contributed by atoms with E-state index in [0.29, 0.717) is 0 Å². The fourth-order valence-electron chi connectivity index (χ4n) is 0. The van der Waals surface area contributed by atoms with E-state index in [9.17, 15) is 4.79 Å². The van der Waals surface area contributed by atoms with Gasteiger partial charge in [-0.05, 0) is 0 Å². The zero-order chi connectivity index (χ0) is 4.28. The van der Waals surface area contributed by atoms with Crippen LogP contribution in [0.1, 0.15) is 0 Å². The van der Waals surface area contributed by atoms with Crippen molar-refractivity contribution in [2.75, 3.05) is 5.88 Å². The van der Waals surface area contributed by atoms with Crippen molar-refractivity contribution in [3.05, 3.63) is 0 Å². The fraction of sp³-hybridized carbons (Fsp3) is 0.500. The Balaban J connectivity index is 0. The normalized spacial score (nSPS) is 6.17. The number of alkyl halides is 1. The first-order valence-corrected chi connectivity index (χ1v) is 1.58. The Morgan fingerprint density at radius 2 is 2.00 bits per heavy atom. The van der Waals surface area contributed by atoms with Gasteiger partial charge in [-0.1, -0.05) is 0 Å². The highest BCUT2D eigenvalue weighted by molar-refractivity contribution is 7.59. The van der Waals surface area contributed by atoms with Gasteiger partial charge in [-0.15, -0.1) is 11.6 Å². The van der Waals surface area contributed by atoms with Gasteiger partial charge in [0.15, 0.2) is 0 Å². The van der Waals surface area contributed by atoms with Crippen LogP contribution in [0, 0.1) is 0 Å². The van der Waals surface area contributed by atoms with Crippen LogP contribution >= 0.6 is 25.1 Å². The molecule has 0 bridgehead atoms. The van der Waals surface area contributed by atoms with Crippen molar-refractivity contribution in [3.8, 4) is 0 Å². The number of hydrogen-bond acceptors (Lipinski definition) is 1. The maximum atomic E-state index is 9.24. The van der Waals surface area contributed by atoms with Crippen molar-refractivity contribution in [2.24, 2.45) is 0 Å². The lowest BCUT2D eigenvalue weighted by Crippen LogP contribution is -1.92. The number of halogens is 1. The zero-order valence-electron chi connectivity index (χ0n) is 2.94. The third-order valence-corrected chi connectivity index (χ3v) is 0.343. The van der Waals surface area contributed by atoms with Gasteiger partial charge in [0.2, 0.25) is 0 Å². The van der Waals surface area contributed by atoms with Gasteiger partial charge in [-0.25, -0.2) is 0 Å². The molecule has 0 radical (unpaired) electrons. The molecule has 0 fully saturated rings. The number of aliphatic carboxylic acids is 1. The Morgan fingerprint density at radius 1 is 1.83 bits per heavy atom. The third kappa shape index (κ3) is 8.93. The Morgan fingerprint density at radius 3 is 2.00 bits per heavy atom. The van der Waals surface area contributed by atoms with Crippen LogP contribution < -0.4 is 0 Å². The van der Waals surface area contributed by atoms with Crippen LogP contribution in [0.2, 0.25) is 0 Å². The van der Waals surface area contributed by atoms with Gasteiger partial charge < -0.3 is 5.11 Å². The van der Waals surface area contributed by atoms with E-state index in [1.165, 1.54) is 0 Å². The van der Waals surface area contributed by atoms with Crippen molar-refractivity contribution in [1.29, 1.82) is 0 Å². The first-order valence-electron chi connectivity index (χ1n) is 1.05. The summed E-state index contributed by atoms with van der Waals surface area (Å²) in [5.41, 5.74) is 0. The second kappa shape index (κ2) is 5.11. The molecule has 0 saturated heterocycles. The SMILES string of the molecule is O=C(O)CCl.S. The van der Waals surface area contributed by atoms with E-state index in [-0.39, 0.29) is 19.4 Å². The monoisotopic (exact) mass is 128 g/mol. The van der Waals surface area contributed by atoms with E-state index >= 15 is 0 Å². The molecule has 0 aromatic rings. The summed E-state index contributed by atoms with van der Waals surface area (Å²) >= 11 is 4.74. The highest BCUT2D eigenvalue weighted by Gasteiger charge is 1.83. The summed E-state index contributed by atoms with van der Waals surface area (Å²) in [6.07, 6.45) is 0. The van der Waals surface area contributed by atoms with Crippen LogP contribution in [0.4, 0.5) is 0 Å². The van der Waals surface area contributed by atoms with E-state index in [1.807, 2.05) is 0 Å². The maximum absolute atomic E-state index is 9.24. The average molecular weight is 129 g/mol. The van der Waals surface area contributed by atoms with Crippen LogP contribution in [0.25, 0.3) is 0 Å². The van der Waals surface area contributed by atoms with E-state index < -0.39 is 5.97 Å². The standard InChI is InChI=1S/C2H3ClO2.H2S/c3-1-2(4)5;/h1H2,(H,4,5);1H2. The Kier molecular flexibility index (Phi) is 8.04. The Labute approximate surface area is 47.6 Å². The highest BCUT2D eigenvalue weighted by atomic mass is 35.5. The minimum atomic E-state index is -0.980. The van der Waals surface area contributed by atoms with Crippen LogP contribution in [0.15, 0.2) is 0 Å². The third-order valence-electron chi connectivity index (χ3n) is 0.114. The van der Waals surface area contributed by atoms with Crippen molar-refractivity contribution in [1.82, 2.24) is 0 Å². The smallest absolute Gasteiger partial charge is 0.318 e. The molecule has 0 atom stereocenters. The van der Waals surface area contributed by atoms with Gasteiger partial charge in [0.25, 0.3) is 0 Å². The molecule has 2 nitrogen and oxygen atoms in total. The molecular weight excluding hydrogens is 124 g/mol. The van der Waals surface area contributed by atoms with Gasteiger partial charge in [-0.3, -0.25) is 4.79 Å². The Hall–Kier alpha value is 0.110. The molecular formula is C2H5ClO2S. The van der Waals surface area contributed by atoms with Crippen molar-refractivity contribution in [2.45, 2.75) is 0 Å². The van der Waals surface area contributed by atoms with E-state index in [4.69, 9.17) is 16.7 Å². The van der Waals surface area contributed by atoms with E-state index in [0.717, 1.165) is 0 Å². The molecule has 6 heavy (non-hydrogen) atoms. The summed E-state index contributed by atoms with van der Waals surface area (Å²) in [4.78, 5) is 9.24. The summed E-state index contributed by atoms with van der Waals surface area (Å²) in [5, 5.41) is 7.59. The van der Waals surface area contributed by atoms with Crippen LogP contribution in [0.5, 0.6) is 0 Å². The molecule has 4 heteroatoms. The van der Waals surface area contributed by atoms with Crippen molar-refractivity contribution in [3.63, 3.8) is 0 Å². The quantitative estimate of drug-likeness (QED) is 0.520. The molecule has 0 aliphatic heterocycles. The lowest BCUT2D eigenvalue weighted by atomic mass is 10.8. The maximum Gasteiger partial charge on any atom is 0.318 e. The van der Waals surface area contributed by atoms with Gasteiger partial charge in [-0.2, -0.15) is 13.5 Å². The first-order chi connectivity index (χ1) is 2.27. The van der Waals surface area contributed by atoms with Gasteiger partial charge >= 0.3 is 5.97 Å². The van der Waals surface area contributed by atoms with Crippen molar-refractivity contribution >= 4 is 31.1 Å². The fourth-order valence-corrected chi connectivity index (χ4v) is 0. The van der Waals surface area contributed by atoms with E-state index in [2.05, 4.69) is 0 Å². The van der Waals surface area contributed by atoms with Gasteiger partial charge in [0, 0.05) is 0 Å². The molecule has 0 heterocycles. The van der Waals surface area contributed by atoms with Crippen molar-refractivity contribution < 1.29 is 9.90 Å². The number of carbonyl (C=O) groups is 1. The Bertz CT molecular complexity index is 46.8. The predicted octanol–water partition coefficient (Wildman–Crippen LogP) is 0.423. The topological polar surface area (TPSA) is 37.3 Å². The number of carboxylic acid groups (broad SMARTS) is 1. The van der Waals surface area contributed by atoms with E-state index in [1.54, 1.807) is 0 Å². The molecule has 0 unspecified atom stereocenters. The lowest BCUT2D eigenvalue weighted by molar-refractivity contribution is -0.134. The number of rotatable bonds is 1. The highest BCUT2D eigenvalue weighted by Crippen LogP contribution is 1.67. The molecule has 0 aliphatic carbocycles. The molecule has 1 N–H and O–H groups in total. The molecule has 38 valence electrons. The molecule has 0 rings (SSSR count). The largest absolute Gasteiger partial charge is 0.480 e. The minimum absolute atomic E-state index is 0.